The molecule has 1 unspecified atom stereocenters. The number of hydrogen-bond donors (Lipinski definition) is 2. The maximum absolute atomic E-state index is 6.58. The molecule has 0 bridgehead atoms. The number of benzene rings is 2. The van der Waals surface area contributed by atoms with Crippen LogP contribution >= 0.6 is 15.9 Å². The van der Waals surface area contributed by atoms with Gasteiger partial charge in [0.2, 0.25) is 0 Å². The molecule has 0 aliphatic heterocycles. The van der Waals surface area contributed by atoms with Crippen molar-refractivity contribution < 1.29 is 0 Å². The predicted molar refractivity (Wildman–Crippen MR) is 84.0 cm³/mol. The van der Waals surface area contributed by atoms with Crippen LogP contribution < -0.4 is 11.1 Å². The van der Waals surface area contributed by atoms with Gasteiger partial charge in [-0.3, -0.25) is 5.32 Å². The first kappa shape index (κ1) is 14.3. The van der Waals surface area contributed by atoms with Gasteiger partial charge in [0.1, 0.15) is 0 Å². The molecule has 1 atom stereocenters. The molecule has 0 saturated heterocycles. The van der Waals surface area contributed by atoms with E-state index >= 15 is 0 Å². The molecule has 0 radical (unpaired) electrons. The zero-order valence-corrected chi connectivity index (χ0v) is 12.9. The topological polar surface area (TPSA) is 38.0 Å². The number of halogens is 1. The molecule has 2 nitrogen and oxygen atoms in total. The quantitative estimate of drug-likeness (QED) is 0.849. The van der Waals surface area contributed by atoms with Crippen LogP contribution in [0.25, 0.3) is 0 Å². The Kier molecular flexibility index (Phi) is 4.40. The molecule has 0 spiro atoms. The summed E-state index contributed by atoms with van der Waals surface area (Å²) in [4.78, 5) is 0. The van der Waals surface area contributed by atoms with Crippen molar-refractivity contribution in [3.05, 3.63) is 69.7 Å². The van der Waals surface area contributed by atoms with Crippen molar-refractivity contribution in [1.29, 1.82) is 0 Å². The largest absolute Gasteiger partial charge is 0.309 e. The number of hydrogen-bond acceptors (Lipinski definition) is 2. The minimum atomic E-state index is -0.549. The predicted octanol–water partition coefficient (Wildman–Crippen LogP) is 3.33. The maximum atomic E-state index is 6.58. The van der Waals surface area contributed by atoms with Crippen molar-refractivity contribution in [3.63, 3.8) is 0 Å². The smallest absolute Gasteiger partial charge is 0.0966 e. The van der Waals surface area contributed by atoms with Gasteiger partial charge in [0.25, 0.3) is 0 Å². The van der Waals surface area contributed by atoms with Crippen LogP contribution in [0.4, 0.5) is 0 Å². The van der Waals surface area contributed by atoms with Gasteiger partial charge in [-0.25, -0.2) is 0 Å². The molecule has 2 aromatic carbocycles. The lowest BCUT2D eigenvalue weighted by Gasteiger charge is -2.31. The summed E-state index contributed by atoms with van der Waals surface area (Å²) in [5.41, 5.74) is 9.57. The van der Waals surface area contributed by atoms with Crippen molar-refractivity contribution in [1.82, 2.24) is 5.32 Å². The van der Waals surface area contributed by atoms with Gasteiger partial charge in [-0.1, -0.05) is 52.3 Å². The van der Waals surface area contributed by atoms with Crippen LogP contribution in [0.2, 0.25) is 0 Å². The van der Waals surface area contributed by atoms with Crippen LogP contribution in [0.1, 0.15) is 16.7 Å². The Labute approximate surface area is 123 Å². The van der Waals surface area contributed by atoms with Crippen LogP contribution in [0.15, 0.2) is 53.0 Å². The molecular formula is C16H19BrN2. The van der Waals surface area contributed by atoms with E-state index in [0.717, 1.165) is 16.5 Å². The van der Waals surface area contributed by atoms with Crippen molar-refractivity contribution >= 4 is 15.9 Å². The average molecular weight is 319 g/mol. The highest BCUT2D eigenvalue weighted by Gasteiger charge is 2.27. The monoisotopic (exact) mass is 318 g/mol. The molecule has 3 heteroatoms. The van der Waals surface area contributed by atoms with E-state index in [1.54, 1.807) is 0 Å². The van der Waals surface area contributed by atoms with E-state index in [1.165, 1.54) is 11.1 Å². The third-order valence-corrected chi connectivity index (χ3v) is 3.94. The van der Waals surface area contributed by atoms with Crippen LogP contribution in [0, 0.1) is 6.92 Å². The second-order valence-corrected chi connectivity index (χ2v) is 5.76. The summed E-state index contributed by atoms with van der Waals surface area (Å²) >= 11 is 3.50. The number of likely N-dealkylation sites (N-methyl/N-ethyl adjacent to an activating group) is 1. The van der Waals surface area contributed by atoms with Gasteiger partial charge < -0.3 is 5.73 Å². The minimum Gasteiger partial charge on any atom is -0.309 e. The fourth-order valence-corrected chi connectivity index (χ4v) is 2.81. The number of aryl methyl sites for hydroxylation is 1. The summed E-state index contributed by atoms with van der Waals surface area (Å²) < 4.78 is 1.08. The Hall–Kier alpha value is -1.16. The second kappa shape index (κ2) is 5.87. The summed E-state index contributed by atoms with van der Waals surface area (Å²) in [6, 6.07) is 16.5. The fourth-order valence-electron chi connectivity index (χ4n) is 2.36. The van der Waals surface area contributed by atoms with E-state index in [-0.39, 0.29) is 0 Å². The molecule has 3 N–H and O–H groups in total. The molecule has 0 amide bonds. The molecule has 0 heterocycles. The van der Waals surface area contributed by atoms with Crippen molar-refractivity contribution in [2.45, 2.75) is 19.0 Å². The zero-order chi connectivity index (χ0) is 13.9. The van der Waals surface area contributed by atoms with Crippen LogP contribution in [0.5, 0.6) is 0 Å². The van der Waals surface area contributed by atoms with Crippen molar-refractivity contribution in [3.8, 4) is 0 Å². The molecule has 0 aliphatic carbocycles. The molecule has 19 heavy (non-hydrogen) atoms. The van der Waals surface area contributed by atoms with Gasteiger partial charge in [-0.2, -0.15) is 0 Å². The van der Waals surface area contributed by atoms with Gasteiger partial charge in [-0.15, -0.1) is 0 Å². The molecule has 0 saturated carbocycles. The lowest BCUT2D eigenvalue weighted by molar-refractivity contribution is 0.370. The highest BCUT2D eigenvalue weighted by atomic mass is 79.9. The van der Waals surface area contributed by atoms with Gasteiger partial charge in [0, 0.05) is 10.9 Å². The highest BCUT2D eigenvalue weighted by Crippen LogP contribution is 2.24. The Morgan fingerprint density at radius 2 is 1.89 bits per heavy atom. The maximum Gasteiger partial charge on any atom is 0.0966 e. The lowest BCUT2D eigenvalue weighted by atomic mass is 9.90. The Bertz CT molecular complexity index is 568. The van der Waals surface area contributed by atoms with Crippen LogP contribution in [0.3, 0.4) is 0 Å². The van der Waals surface area contributed by atoms with Crippen molar-refractivity contribution in [2.75, 3.05) is 7.05 Å². The Morgan fingerprint density at radius 1 is 1.16 bits per heavy atom. The summed E-state index contributed by atoms with van der Waals surface area (Å²) in [6.45, 7) is 2.09. The average Bonchev–Trinajstić information content (AvgIpc) is 2.39. The summed E-state index contributed by atoms with van der Waals surface area (Å²) in [7, 11) is 1.91. The van der Waals surface area contributed by atoms with E-state index in [0.29, 0.717) is 0 Å². The van der Waals surface area contributed by atoms with Gasteiger partial charge in [0.05, 0.1) is 5.66 Å². The molecule has 0 aromatic heterocycles. The number of nitrogens with one attached hydrogen (secondary N) is 1. The number of rotatable bonds is 4. The van der Waals surface area contributed by atoms with Crippen molar-refractivity contribution in [2.24, 2.45) is 5.73 Å². The van der Waals surface area contributed by atoms with Gasteiger partial charge in [-0.05, 0) is 42.8 Å². The molecule has 100 valence electrons. The Balaban J connectivity index is 2.36. The van der Waals surface area contributed by atoms with Gasteiger partial charge >= 0.3 is 0 Å². The standard InChI is InChI=1S/C16H19BrN2/c1-12-6-3-4-9-15(12)16(18,19-2)11-13-7-5-8-14(17)10-13/h3-10,19H,11,18H2,1-2H3. The Morgan fingerprint density at radius 3 is 2.53 bits per heavy atom. The SMILES string of the molecule is CNC(N)(Cc1cccc(Br)c1)c1ccccc1C. The van der Waals surface area contributed by atoms with E-state index < -0.39 is 5.66 Å². The summed E-state index contributed by atoms with van der Waals surface area (Å²) in [5.74, 6) is 0. The minimum absolute atomic E-state index is 0.549. The molecule has 2 aromatic rings. The first-order valence-electron chi connectivity index (χ1n) is 6.33. The lowest BCUT2D eigenvalue weighted by Crippen LogP contribution is -2.50. The van der Waals surface area contributed by atoms with Gasteiger partial charge in [0.15, 0.2) is 0 Å². The summed E-state index contributed by atoms with van der Waals surface area (Å²) in [5, 5.41) is 3.27. The van der Waals surface area contributed by atoms with E-state index in [2.05, 4.69) is 52.4 Å². The van der Waals surface area contributed by atoms with E-state index in [9.17, 15) is 0 Å². The summed E-state index contributed by atoms with van der Waals surface area (Å²) in [6.07, 6.45) is 0.744. The number of nitrogens with two attached hydrogens (primary N) is 1. The molecule has 0 aliphatic rings. The first-order valence-corrected chi connectivity index (χ1v) is 7.13. The third-order valence-electron chi connectivity index (χ3n) is 3.44. The fraction of sp³-hybridized carbons (Fsp3) is 0.250. The van der Waals surface area contributed by atoms with Crippen LogP contribution in [-0.2, 0) is 12.1 Å². The molecular weight excluding hydrogens is 300 g/mol. The second-order valence-electron chi connectivity index (χ2n) is 4.84. The first-order chi connectivity index (χ1) is 9.05. The molecule has 0 fully saturated rings. The van der Waals surface area contributed by atoms with Crippen LogP contribution in [-0.4, -0.2) is 7.05 Å². The molecule has 2 rings (SSSR count). The normalized spacial score (nSPS) is 14.1. The zero-order valence-electron chi connectivity index (χ0n) is 11.3. The van der Waals surface area contributed by atoms with E-state index in [1.807, 2.05) is 31.3 Å². The third kappa shape index (κ3) is 3.24. The highest BCUT2D eigenvalue weighted by molar-refractivity contribution is 9.10. The van der Waals surface area contributed by atoms with E-state index in [4.69, 9.17) is 5.73 Å².